The number of aliphatic hydroxyl groups is 1. The third-order valence-electron chi connectivity index (χ3n) is 5.78. The number of rotatable bonds is 5. The van der Waals surface area contributed by atoms with Gasteiger partial charge in [-0.1, -0.05) is 12.1 Å². The van der Waals surface area contributed by atoms with Gasteiger partial charge in [0.05, 0.1) is 18.7 Å². The van der Waals surface area contributed by atoms with E-state index in [-0.39, 0.29) is 6.61 Å². The molecule has 1 aromatic carbocycles. The van der Waals surface area contributed by atoms with Crippen molar-refractivity contribution in [3.8, 4) is 11.4 Å². The monoisotopic (exact) mass is 400 g/mol. The number of pyridine rings is 1. The van der Waals surface area contributed by atoms with Gasteiger partial charge in [-0.15, -0.1) is 0 Å². The number of para-hydroxylation sites is 1. The molecular weight excluding hydrogens is 376 g/mol. The Bertz CT molecular complexity index is 1130. The summed E-state index contributed by atoms with van der Waals surface area (Å²) in [6.07, 6.45) is 7.45. The van der Waals surface area contributed by atoms with Gasteiger partial charge in [-0.25, -0.2) is 9.97 Å². The minimum absolute atomic E-state index is 0.109. The first kappa shape index (κ1) is 18.7. The number of piperidine rings is 1. The number of aromatic nitrogens is 5. The highest BCUT2D eigenvalue weighted by molar-refractivity contribution is 5.91. The second kappa shape index (κ2) is 8.20. The molecule has 30 heavy (non-hydrogen) atoms. The molecule has 1 N–H and O–H groups in total. The molecule has 3 aromatic heterocycles. The molecule has 0 aliphatic carbocycles. The molecule has 1 saturated heterocycles. The molecule has 7 nitrogen and oxygen atoms in total. The van der Waals surface area contributed by atoms with E-state index in [1.165, 1.54) is 5.69 Å². The van der Waals surface area contributed by atoms with Crippen LogP contribution in [-0.2, 0) is 6.54 Å². The Kier molecular flexibility index (Phi) is 5.11. The van der Waals surface area contributed by atoms with Crippen LogP contribution in [0.4, 0.5) is 5.82 Å². The topological polar surface area (TPSA) is 80.0 Å². The highest BCUT2D eigenvalue weighted by atomic mass is 16.3. The zero-order chi connectivity index (χ0) is 20.3. The van der Waals surface area contributed by atoms with Gasteiger partial charge in [0.15, 0.2) is 5.82 Å². The minimum atomic E-state index is 0.109. The van der Waals surface area contributed by atoms with Gasteiger partial charge >= 0.3 is 0 Å². The predicted octanol–water partition coefficient (Wildman–Crippen LogP) is 3.26. The van der Waals surface area contributed by atoms with Crippen molar-refractivity contribution >= 4 is 16.7 Å². The van der Waals surface area contributed by atoms with Crippen molar-refractivity contribution in [3.05, 3.63) is 66.7 Å². The zero-order valence-electron chi connectivity index (χ0n) is 16.7. The lowest BCUT2D eigenvalue weighted by atomic mass is 9.93. The Morgan fingerprint density at radius 2 is 1.83 bits per heavy atom. The smallest absolute Gasteiger partial charge is 0.163 e. The van der Waals surface area contributed by atoms with Gasteiger partial charge in [0.1, 0.15) is 5.82 Å². The number of nitrogens with zero attached hydrogens (tertiary/aromatic N) is 6. The van der Waals surface area contributed by atoms with Crippen LogP contribution in [0.1, 0.15) is 24.5 Å². The Labute approximate surface area is 175 Å². The number of anilines is 1. The molecule has 4 aromatic rings. The van der Waals surface area contributed by atoms with Crippen LogP contribution in [0.3, 0.4) is 0 Å². The van der Waals surface area contributed by atoms with E-state index in [9.17, 15) is 5.11 Å². The lowest BCUT2D eigenvalue weighted by molar-refractivity contribution is 0.265. The van der Waals surface area contributed by atoms with E-state index in [0.29, 0.717) is 18.3 Å². The van der Waals surface area contributed by atoms with Crippen LogP contribution in [0, 0.1) is 0 Å². The molecular formula is C23H24N6O. The normalized spacial score (nSPS) is 15.0. The third kappa shape index (κ3) is 3.52. The molecule has 0 spiro atoms. The van der Waals surface area contributed by atoms with E-state index in [4.69, 9.17) is 9.97 Å². The molecule has 152 valence electrons. The molecule has 1 aliphatic rings. The van der Waals surface area contributed by atoms with Crippen LogP contribution in [-0.4, -0.2) is 49.5 Å². The van der Waals surface area contributed by atoms with Crippen molar-refractivity contribution in [2.75, 3.05) is 24.6 Å². The Balaban J connectivity index is 1.44. The van der Waals surface area contributed by atoms with Crippen molar-refractivity contribution in [1.82, 2.24) is 24.7 Å². The summed E-state index contributed by atoms with van der Waals surface area (Å²) in [4.78, 5) is 16.3. The molecule has 0 unspecified atom stereocenters. The third-order valence-corrected chi connectivity index (χ3v) is 5.78. The number of fused-ring (bicyclic) bond motifs is 1. The Hall–Kier alpha value is -3.32. The average Bonchev–Trinajstić information content (AvgIpc) is 3.27. The van der Waals surface area contributed by atoms with E-state index in [0.717, 1.165) is 48.2 Å². The van der Waals surface area contributed by atoms with E-state index in [1.54, 1.807) is 6.20 Å². The Morgan fingerprint density at radius 1 is 0.967 bits per heavy atom. The van der Waals surface area contributed by atoms with Crippen LogP contribution in [0.25, 0.3) is 22.3 Å². The number of aliphatic hydroxyl groups excluding tert-OH is 1. The molecule has 4 heterocycles. The number of hydrogen-bond acceptors (Lipinski definition) is 6. The lowest BCUT2D eigenvalue weighted by Crippen LogP contribution is -2.34. The zero-order valence-corrected chi connectivity index (χ0v) is 16.7. The quantitative estimate of drug-likeness (QED) is 0.554. The lowest BCUT2D eigenvalue weighted by Gasteiger charge is -2.33. The first-order valence-electron chi connectivity index (χ1n) is 10.4. The molecule has 7 heteroatoms. The molecule has 0 atom stereocenters. The van der Waals surface area contributed by atoms with E-state index >= 15 is 0 Å². The van der Waals surface area contributed by atoms with Gasteiger partial charge in [0.2, 0.25) is 0 Å². The summed E-state index contributed by atoms with van der Waals surface area (Å²) in [7, 11) is 0. The molecule has 0 saturated carbocycles. The second-order valence-electron chi connectivity index (χ2n) is 7.59. The van der Waals surface area contributed by atoms with E-state index in [1.807, 2.05) is 47.4 Å². The van der Waals surface area contributed by atoms with Crippen LogP contribution in [0.2, 0.25) is 0 Å². The predicted molar refractivity (Wildman–Crippen MR) is 116 cm³/mol. The molecule has 5 rings (SSSR count). The molecule has 0 amide bonds. The van der Waals surface area contributed by atoms with Crippen LogP contribution < -0.4 is 4.90 Å². The largest absolute Gasteiger partial charge is 0.394 e. The standard InChI is InChI=1S/C23H24N6O/c30-15-14-29-21(7-11-25-29)17-8-12-28(13-9-17)23-19-5-1-2-6-20(19)26-22(27-23)18-4-3-10-24-16-18/h1-7,10-11,16-17,30H,8-9,12-15H2. The first-order chi connectivity index (χ1) is 14.8. The summed E-state index contributed by atoms with van der Waals surface area (Å²) >= 11 is 0. The minimum Gasteiger partial charge on any atom is -0.394 e. The van der Waals surface area contributed by atoms with E-state index < -0.39 is 0 Å². The molecule has 0 bridgehead atoms. The van der Waals surface area contributed by atoms with Crippen molar-refractivity contribution in [2.24, 2.45) is 0 Å². The van der Waals surface area contributed by atoms with Gasteiger partial charge in [-0.3, -0.25) is 9.67 Å². The highest BCUT2D eigenvalue weighted by Crippen LogP contribution is 2.33. The van der Waals surface area contributed by atoms with Crippen molar-refractivity contribution < 1.29 is 5.11 Å². The van der Waals surface area contributed by atoms with Gasteiger partial charge in [-0.2, -0.15) is 5.10 Å². The van der Waals surface area contributed by atoms with Gasteiger partial charge in [-0.05, 0) is 43.2 Å². The highest BCUT2D eigenvalue weighted by Gasteiger charge is 2.25. The fourth-order valence-corrected chi connectivity index (χ4v) is 4.28. The summed E-state index contributed by atoms with van der Waals surface area (Å²) in [5.41, 5.74) is 3.09. The van der Waals surface area contributed by atoms with E-state index in [2.05, 4.69) is 27.1 Å². The average molecular weight is 400 g/mol. The fourth-order valence-electron chi connectivity index (χ4n) is 4.28. The van der Waals surface area contributed by atoms with Crippen LogP contribution in [0.15, 0.2) is 61.1 Å². The maximum absolute atomic E-state index is 9.28. The van der Waals surface area contributed by atoms with Gasteiger partial charge < -0.3 is 10.0 Å². The number of hydrogen-bond donors (Lipinski definition) is 1. The van der Waals surface area contributed by atoms with Gasteiger partial charge in [0.25, 0.3) is 0 Å². The maximum atomic E-state index is 9.28. The summed E-state index contributed by atoms with van der Waals surface area (Å²) in [5, 5.41) is 14.7. The summed E-state index contributed by atoms with van der Waals surface area (Å²) < 4.78 is 1.93. The summed E-state index contributed by atoms with van der Waals surface area (Å²) in [6, 6.07) is 14.2. The van der Waals surface area contributed by atoms with Crippen molar-refractivity contribution in [1.29, 1.82) is 0 Å². The molecule has 0 radical (unpaired) electrons. The molecule has 1 aliphatic heterocycles. The SMILES string of the molecule is OCCn1nccc1C1CCN(c2nc(-c3cccnc3)nc3ccccc23)CC1. The summed E-state index contributed by atoms with van der Waals surface area (Å²) in [6.45, 7) is 2.50. The number of benzene rings is 1. The molecule has 1 fully saturated rings. The van der Waals surface area contributed by atoms with Crippen molar-refractivity contribution in [2.45, 2.75) is 25.3 Å². The fraction of sp³-hybridized carbons (Fsp3) is 0.304. The van der Waals surface area contributed by atoms with Gasteiger partial charge in [0, 0.05) is 54.2 Å². The first-order valence-corrected chi connectivity index (χ1v) is 10.4. The van der Waals surface area contributed by atoms with Crippen LogP contribution in [0.5, 0.6) is 0 Å². The van der Waals surface area contributed by atoms with Crippen molar-refractivity contribution in [3.63, 3.8) is 0 Å². The second-order valence-corrected chi connectivity index (χ2v) is 7.59. The maximum Gasteiger partial charge on any atom is 0.163 e. The van der Waals surface area contributed by atoms with Crippen LogP contribution >= 0.6 is 0 Å². The summed E-state index contributed by atoms with van der Waals surface area (Å²) in [5.74, 6) is 2.14. The Morgan fingerprint density at radius 3 is 2.63 bits per heavy atom.